The molecule has 0 aliphatic rings. The number of aromatic nitrogens is 1. The maximum absolute atomic E-state index is 8.99. The van der Waals surface area contributed by atoms with Crippen LogP contribution in [0.1, 0.15) is 18.9 Å². The zero-order chi connectivity index (χ0) is 8.10. The maximum Gasteiger partial charge on any atom is 0.0515 e. The quantitative estimate of drug-likeness (QED) is 0.708. The van der Waals surface area contributed by atoms with E-state index in [0.717, 1.165) is 12.8 Å². The fourth-order valence-corrected chi connectivity index (χ4v) is 0.922. The van der Waals surface area contributed by atoms with Crippen molar-refractivity contribution in [3.63, 3.8) is 0 Å². The smallest absolute Gasteiger partial charge is 0.0515 e. The van der Waals surface area contributed by atoms with Crippen molar-refractivity contribution >= 4 is 0 Å². The number of nitrogens with zero attached hydrogens (tertiary/aromatic N) is 1. The van der Waals surface area contributed by atoms with Gasteiger partial charge in [-0.15, -0.1) is 0 Å². The van der Waals surface area contributed by atoms with Crippen LogP contribution >= 0.6 is 0 Å². The summed E-state index contributed by atoms with van der Waals surface area (Å²) in [5, 5.41) is 8.99. The average Bonchev–Trinajstić information content (AvgIpc) is 2.03. The normalized spacial score (nSPS) is 12.9. The highest BCUT2D eigenvalue weighted by Gasteiger charge is 1.96. The lowest BCUT2D eigenvalue weighted by Crippen LogP contribution is -2.01. The van der Waals surface area contributed by atoms with E-state index in [0.29, 0.717) is 0 Å². The van der Waals surface area contributed by atoms with Crippen molar-refractivity contribution in [3.8, 4) is 0 Å². The van der Waals surface area contributed by atoms with Gasteiger partial charge in [0, 0.05) is 12.4 Å². The summed E-state index contributed by atoms with van der Waals surface area (Å²) in [7, 11) is 0. The summed E-state index contributed by atoms with van der Waals surface area (Å²) in [6.45, 7) is 1.80. The summed E-state index contributed by atoms with van der Waals surface area (Å²) in [4.78, 5) is 3.98. The molecule has 1 atom stereocenters. The molecule has 0 spiro atoms. The number of aliphatic hydroxyl groups is 1. The fraction of sp³-hybridized carbons (Fsp3) is 0.444. The summed E-state index contributed by atoms with van der Waals surface area (Å²) < 4.78 is 0. The molecular weight excluding hydrogens is 138 g/mol. The summed E-state index contributed by atoms with van der Waals surface area (Å²) in [6.07, 6.45) is 5.10. The van der Waals surface area contributed by atoms with Gasteiger partial charge < -0.3 is 5.11 Å². The Balaban J connectivity index is 2.39. The Kier molecular flexibility index (Phi) is 3.05. The molecule has 0 saturated carbocycles. The van der Waals surface area contributed by atoms with Gasteiger partial charge in [0.05, 0.1) is 6.10 Å². The van der Waals surface area contributed by atoms with Crippen LogP contribution in [-0.4, -0.2) is 16.2 Å². The third kappa shape index (κ3) is 3.14. The third-order valence-electron chi connectivity index (χ3n) is 1.57. The van der Waals surface area contributed by atoms with Crippen LogP contribution in [0.25, 0.3) is 0 Å². The van der Waals surface area contributed by atoms with Crippen molar-refractivity contribution < 1.29 is 5.11 Å². The lowest BCUT2D eigenvalue weighted by molar-refractivity contribution is 0.185. The lowest BCUT2D eigenvalue weighted by atomic mass is 10.1. The molecular formula is C9H13NO. The Morgan fingerprint density at radius 2 is 2.45 bits per heavy atom. The number of aryl methyl sites for hydroxylation is 1. The largest absolute Gasteiger partial charge is 0.393 e. The van der Waals surface area contributed by atoms with E-state index < -0.39 is 0 Å². The molecule has 2 nitrogen and oxygen atoms in total. The fourth-order valence-electron chi connectivity index (χ4n) is 0.922. The minimum Gasteiger partial charge on any atom is -0.393 e. The van der Waals surface area contributed by atoms with Crippen LogP contribution in [0.4, 0.5) is 0 Å². The van der Waals surface area contributed by atoms with Gasteiger partial charge in [0.25, 0.3) is 0 Å². The van der Waals surface area contributed by atoms with E-state index in [4.69, 9.17) is 5.11 Å². The molecule has 60 valence electrons. The average molecular weight is 151 g/mol. The molecule has 0 aliphatic heterocycles. The van der Waals surface area contributed by atoms with Gasteiger partial charge in [-0.2, -0.15) is 0 Å². The Morgan fingerprint density at radius 1 is 1.64 bits per heavy atom. The van der Waals surface area contributed by atoms with Gasteiger partial charge >= 0.3 is 0 Å². The highest BCUT2D eigenvalue weighted by atomic mass is 16.3. The van der Waals surface area contributed by atoms with E-state index in [1.807, 2.05) is 18.3 Å². The maximum atomic E-state index is 8.99. The zero-order valence-electron chi connectivity index (χ0n) is 6.70. The number of aliphatic hydroxyl groups excluding tert-OH is 1. The number of rotatable bonds is 3. The molecule has 1 N–H and O–H groups in total. The Labute approximate surface area is 66.9 Å². The highest BCUT2D eigenvalue weighted by Crippen LogP contribution is 2.02. The summed E-state index contributed by atoms with van der Waals surface area (Å²) >= 11 is 0. The van der Waals surface area contributed by atoms with Gasteiger partial charge in [0.1, 0.15) is 0 Å². The summed E-state index contributed by atoms with van der Waals surface area (Å²) in [6, 6.07) is 3.94. The topological polar surface area (TPSA) is 33.1 Å². The minimum absolute atomic E-state index is 0.213. The molecule has 1 rings (SSSR count). The highest BCUT2D eigenvalue weighted by molar-refractivity contribution is 5.08. The van der Waals surface area contributed by atoms with Gasteiger partial charge in [-0.1, -0.05) is 6.07 Å². The number of hydrogen-bond donors (Lipinski definition) is 1. The standard InChI is InChI=1S/C9H13NO/c1-8(11)4-5-9-3-2-6-10-7-9/h2-3,6-8,11H,4-5H2,1H3/t8-/m1/s1. The molecule has 0 unspecified atom stereocenters. The van der Waals surface area contributed by atoms with Gasteiger partial charge in [0.15, 0.2) is 0 Å². The first kappa shape index (κ1) is 8.21. The minimum atomic E-state index is -0.213. The third-order valence-corrected chi connectivity index (χ3v) is 1.57. The van der Waals surface area contributed by atoms with Gasteiger partial charge in [-0.3, -0.25) is 4.98 Å². The summed E-state index contributed by atoms with van der Waals surface area (Å²) in [5.41, 5.74) is 1.19. The lowest BCUT2D eigenvalue weighted by Gasteiger charge is -2.02. The van der Waals surface area contributed by atoms with Crippen molar-refractivity contribution in [1.29, 1.82) is 0 Å². The van der Waals surface area contributed by atoms with Crippen LogP contribution in [0, 0.1) is 0 Å². The van der Waals surface area contributed by atoms with Crippen molar-refractivity contribution in [1.82, 2.24) is 4.98 Å². The van der Waals surface area contributed by atoms with Crippen LogP contribution in [0.2, 0.25) is 0 Å². The van der Waals surface area contributed by atoms with Crippen molar-refractivity contribution in [2.45, 2.75) is 25.9 Å². The molecule has 1 aromatic heterocycles. The van der Waals surface area contributed by atoms with Crippen LogP contribution in [-0.2, 0) is 6.42 Å². The van der Waals surface area contributed by atoms with E-state index in [1.54, 1.807) is 13.1 Å². The second-order valence-corrected chi connectivity index (χ2v) is 2.75. The molecule has 0 saturated heterocycles. The first-order valence-corrected chi connectivity index (χ1v) is 3.86. The van der Waals surface area contributed by atoms with E-state index in [2.05, 4.69) is 4.98 Å². The second kappa shape index (κ2) is 4.09. The van der Waals surface area contributed by atoms with E-state index in [9.17, 15) is 0 Å². The van der Waals surface area contributed by atoms with Crippen molar-refractivity contribution in [2.24, 2.45) is 0 Å². The van der Waals surface area contributed by atoms with Gasteiger partial charge in [-0.05, 0) is 31.4 Å². The van der Waals surface area contributed by atoms with Crippen LogP contribution < -0.4 is 0 Å². The molecule has 0 bridgehead atoms. The first-order chi connectivity index (χ1) is 5.29. The Morgan fingerprint density at radius 3 is 3.00 bits per heavy atom. The van der Waals surface area contributed by atoms with Crippen molar-refractivity contribution in [2.75, 3.05) is 0 Å². The first-order valence-electron chi connectivity index (χ1n) is 3.86. The number of hydrogen-bond acceptors (Lipinski definition) is 2. The predicted octanol–water partition coefficient (Wildman–Crippen LogP) is 1.40. The molecule has 1 aromatic rings. The molecule has 0 fully saturated rings. The van der Waals surface area contributed by atoms with Crippen LogP contribution in [0.5, 0.6) is 0 Å². The van der Waals surface area contributed by atoms with E-state index in [1.165, 1.54) is 5.56 Å². The van der Waals surface area contributed by atoms with Crippen molar-refractivity contribution in [3.05, 3.63) is 30.1 Å². The molecule has 2 heteroatoms. The molecule has 0 amide bonds. The monoisotopic (exact) mass is 151 g/mol. The number of pyridine rings is 1. The predicted molar refractivity (Wildman–Crippen MR) is 44.2 cm³/mol. The zero-order valence-corrected chi connectivity index (χ0v) is 6.70. The Hall–Kier alpha value is -0.890. The SMILES string of the molecule is C[C@@H](O)CCc1cccnc1. The van der Waals surface area contributed by atoms with E-state index in [-0.39, 0.29) is 6.10 Å². The molecule has 11 heavy (non-hydrogen) atoms. The van der Waals surface area contributed by atoms with Gasteiger partial charge in [-0.25, -0.2) is 0 Å². The molecule has 0 aromatic carbocycles. The molecule has 1 heterocycles. The summed E-state index contributed by atoms with van der Waals surface area (Å²) in [5.74, 6) is 0. The molecule has 0 radical (unpaired) electrons. The second-order valence-electron chi connectivity index (χ2n) is 2.75. The van der Waals surface area contributed by atoms with Crippen LogP contribution in [0.15, 0.2) is 24.5 Å². The van der Waals surface area contributed by atoms with E-state index >= 15 is 0 Å². The van der Waals surface area contributed by atoms with Gasteiger partial charge in [0.2, 0.25) is 0 Å². The van der Waals surface area contributed by atoms with Crippen LogP contribution in [0.3, 0.4) is 0 Å². The molecule has 0 aliphatic carbocycles. The Bertz CT molecular complexity index is 196.